The van der Waals surface area contributed by atoms with Crippen LogP contribution in [0.1, 0.15) is 18.4 Å². The third-order valence-electron chi connectivity index (χ3n) is 2.24. The molecule has 1 aromatic rings. The smallest absolute Gasteiger partial charge is 0.155 e. The second-order valence-corrected chi connectivity index (χ2v) is 3.30. The van der Waals surface area contributed by atoms with E-state index in [1.54, 1.807) is 18.5 Å². The molecule has 0 saturated heterocycles. The Morgan fingerprint density at radius 1 is 1.23 bits per heavy atom. The van der Waals surface area contributed by atoms with Crippen LogP contribution in [0, 0.1) is 0 Å². The maximum absolute atomic E-state index is 11.0. The molecule has 0 aromatic carbocycles. The number of hydrogen-bond acceptors (Lipinski definition) is 2. The van der Waals surface area contributed by atoms with Crippen LogP contribution in [0.5, 0.6) is 0 Å². The molecule has 0 fully saturated rings. The number of aromatic nitrogens is 1. The third kappa shape index (κ3) is 2.02. The van der Waals surface area contributed by atoms with Crippen molar-refractivity contribution >= 4 is 5.78 Å². The summed E-state index contributed by atoms with van der Waals surface area (Å²) in [5.41, 5.74) is 2.48. The zero-order valence-electron chi connectivity index (χ0n) is 7.36. The minimum absolute atomic E-state index is 0.268. The van der Waals surface area contributed by atoms with Gasteiger partial charge < -0.3 is 0 Å². The summed E-state index contributed by atoms with van der Waals surface area (Å²) in [6.45, 7) is 0. The van der Waals surface area contributed by atoms with Crippen LogP contribution in [0.4, 0.5) is 0 Å². The first kappa shape index (κ1) is 8.17. The van der Waals surface area contributed by atoms with Gasteiger partial charge in [-0.3, -0.25) is 9.78 Å². The highest BCUT2D eigenvalue weighted by atomic mass is 16.1. The average molecular weight is 173 g/mol. The largest absolute Gasteiger partial charge is 0.295 e. The van der Waals surface area contributed by atoms with Crippen LogP contribution in [-0.2, 0) is 11.2 Å². The number of carbonyl (C=O) groups is 1. The summed E-state index contributed by atoms with van der Waals surface area (Å²) in [5.74, 6) is 0.268. The van der Waals surface area contributed by atoms with Crippen LogP contribution < -0.4 is 0 Å². The molecule has 66 valence electrons. The number of hydrogen-bond donors (Lipinski definition) is 0. The van der Waals surface area contributed by atoms with Crippen molar-refractivity contribution in [2.75, 3.05) is 0 Å². The van der Waals surface area contributed by atoms with Gasteiger partial charge in [0.1, 0.15) is 0 Å². The molecule has 1 heterocycles. The quantitative estimate of drug-likeness (QED) is 0.683. The summed E-state index contributed by atoms with van der Waals surface area (Å²) >= 11 is 0. The SMILES string of the molecule is O=C1C=C(Cc2ccncc2)CC1. The van der Waals surface area contributed by atoms with E-state index in [0.29, 0.717) is 6.42 Å². The molecular formula is C11H11NO. The van der Waals surface area contributed by atoms with Gasteiger partial charge in [-0.1, -0.05) is 5.57 Å². The molecule has 2 heteroatoms. The first-order valence-corrected chi connectivity index (χ1v) is 4.46. The Morgan fingerprint density at radius 3 is 2.62 bits per heavy atom. The molecule has 0 aliphatic heterocycles. The van der Waals surface area contributed by atoms with Gasteiger partial charge in [-0.15, -0.1) is 0 Å². The molecule has 0 saturated carbocycles. The summed E-state index contributed by atoms with van der Waals surface area (Å²) in [4.78, 5) is 14.9. The van der Waals surface area contributed by atoms with Crippen LogP contribution in [0.3, 0.4) is 0 Å². The Bertz CT molecular complexity index is 340. The van der Waals surface area contributed by atoms with Crippen molar-refractivity contribution in [2.24, 2.45) is 0 Å². The molecule has 0 N–H and O–H groups in total. The number of ketones is 1. The second kappa shape index (κ2) is 3.52. The number of pyridine rings is 1. The van der Waals surface area contributed by atoms with Gasteiger partial charge in [-0.25, -0.2) is 0 Å². The zero-order chi connectivity index (χ0) is 9.10. The molecule has 0 unspecified atom stereocenters. The van der Waals surface area contributed by atoms with Crippen molar-refractivity contribution in [1.82, 2.24) is 4.98 Å². The van der Waals surface area contributed by atoms with Crippen LogP contribution in [-0.4, -0.2) is 10.8 Å². The van der Waals surface area contributed by atoms with Gasteiger partial charge in [0.05, 0.1) is 0 Å². The molecule has 0 bridgehead atoms. The minimum Gasteiger partial charge on any atom is -0.295 e. The molecule has 2 nitrogen and oxygen atoms in total. The molecule has 0 atom stereocenters. The fraction of sp³-hybridized carbons (Fsp3) is 0.273. The van der Waals surface area contributed by atoms with E-state index in [2.05, 4.69) is 4.98 Å². The van der Waals surface area contributed by atoms with E-state index in [4.69, 9.17) is 0 Å². The highest BCUT2D eigenvalue weighted by Gasteiger charge is 2.11. The maximum Gasteiger partial charge on any atom is 0.155 e. The normalized spacial score (nSPS) is 16.0. The van der Waals surface area contributed by atoms with E-state index >= 15 is 0 Å². The summed E-state index contributed by atoms with van der Waals surface area (Å²) < 4.78 is 0. The predicted molar refractivity (Wildman–Crippen MR) is 50.3 cm³/mol. The van der Waals surface area contributed by atoms with Gasteiger partial charge >= 0.3 is 0 Å². The van der Waals surface area contributed by atoms with E-state index in [1.807, 2.05) is 12.1 Å². The van der Waals surface area contributed by atoms with E-state index in [9.17, 15) is 4.79 Å². The average Bonchev–Trinajstić information content (AvgIpc) is 2.53. The van der Waals surface area contributed by atoms with Gasteiger partial charge in [0.2, 0.25) is 0 Å². The lowest BCUT2D eigenvalue weighted by Crippen LogP contribution is -1.87. The van der Waals surface area contributed by atoms with Crippen LogP contribution in [0.15, 0.2) is 36.2 Å². The fourth-order valence-electron chi connectivity index (χ4n) is 1.56. The van der Waals surface area contributed by atoms with Crippen molar-refractivity contribution in [3.05, 3.63) is 41.7 Å². The molecule has 1 aliphatic carbocycles. The second-order valence-electron chi connectivity index (χ2n) is 3.30. The standard InChI is InChI=1S/C11H11NO/c13-11-2-1-10(8-11)7-9-3-5-12-6-4-9/h3-6,8H,1-2,7H2. The highest BCUT2D eigenvalue weighted by molar-refractivity contribution is 5.93. The molecular weight excluding hydrogens is 162 g/mol. The molecule has 1 aromatic heterocycles. The Hall–Kier alpha value is -1.44. The lowest BCUT2D eigenvalue weighted by atomic mass is 10.1. The number of rotatable bonds is 2. The van der Waals surface area contributed by atoms with Gasteiger partial charge in [0, 0.05) is 18.8 Å². The monoisotopic (exact) mass is 173 g/mol. The molecule has 0 spiro atoms. The lowest BCUT2D eigenvalue weighted by molar-refractivity contribution is -0.114. The fourth-order valence-corrected chi connectivity index (χ4v) is 1.56. The van der Waals surface area contributed by atoms with Gasteiger partial charge in [0.25, 0.3) is 0 Å². The Kier molecular flexibility index (Phi) is 2.21. The molecule has 0 amide bonds. The van der Waals surface area contributed by atoms with Crippen LogP contribution in [0.25, 0.3) is 0 Å². The molecule has 13 heavy (non-hydrogen) atoms. The molecule has 2 rings (SSSR count). The molecule has 0 radical (unpaired) electrons. The topological polar surface area (TPSA) is 30.0 Å². The Balaban J connectivity index is 2.07. The summed E-state index contributed by atoms with van der Waals surface area (Å²) in [6, 6.07) is 3.98. The lowest BCUT2D eigenvalue weighted by Gasteiger charge is -1.99. The summed E-state index contributed by atoms with van der Waals surface area (Å²) in [7, 11) is 0. The maximum atomic E-state index is 11.0. The van der Waals surface area contributed by atoms with Crippen molar-refractivity contribution in [3.8, 4) is 0 Å². The zero-order valence-corrected chi connectivity index (χ0v) is 7.36. The van der Waals surface area contributed by atoms with Crippen molar-refractivity contribution < 1.29 is 4.79 Å². The highest BCUT2D eigenvalue weighted by Crippen LogP contribution is 2.18. The first-order valence-electron chi connectivity index (χ1n) is 4.46. The van der Waals surface area contributed by atoms with Crippen molar-refractivity contribution in [2.45, 2.75) is 19.3 Å². The minimum atomic E-state index is 0.268. The van der Waals surface area contributed by atoms with Gasteiger partial charge in [0.15, 0.2) is 5.78 Å². The van der Waals surface area contributed by atoms with Crippen LogP contribution >= 0.6 is 0 Å². The van der Waals surface area contributed by atoms with Gasteiger partial charge in [-0.05, 0) is 36.6 Å². The van der Waals surface area contributed by atoms with Crippen molar-refractivity contribution in [1.29, 1.82) is 0 Å². The van der Waals surface area contributed by atoms with Crippen LogP contribution in [0.2, 0.25) is 0 Å². The van der Waals surface area contributed by atoms with E-state index in [-0.39, 0.29) is 5.78 Å². The van der Waals surface area contributed by atoms with Crippen molar-refractivity contribution in [3.63, 3.8) is 0 Å². The predicted octanol–water partition coefficient (Wildman–Crippen LogP) is 1.91. The first-order chi connectivity index (χ1) is 6.34. The summed E-state index contributed by atoms with van der Waals surface area (Å²) in [5, 5.41) is 0. The number of carbonyl (C=O) groups excluding carboxylic acids is 1. The van der Waals surface area contributed by atoms with E-state index in [1.165, 1.54) is 11.1 Å². The Labute approximate surface area is 77.3 Å². The number of nitrogens with zero attached hydrogens (tertiary/aromatic N) is 1. The Morgan fingerprint density at radius 2 is 2.00 bits per heavy atom. The van der Waals surface area contributed by atoms with Gasteiger partial charge in [-0.2, -0.15) is 0 Å². The number of allylic oxidation sites excluding steroid dienone is 2. The summed E-state index contributed by atoms with van der Waals surface area (Å²) in [6.07, 6.45) is 7.87. The molecule has 1 aliphatic rings. The van der Waals surface area contributed by atoms with E-state index < -0.39 is 0 Å². The third-order valence-corrected chi connectivity index (χ3v) is 2.24. The van der Waals surface area contributed by atoms with E-state index in [0.717, 1.165) is 12.8 Å².